The Bertz CT molecular complexity index is 745. The van der Waals surface area contributed by atoms with E-state index in [4.69, 9.17) is 5.73 Å². The first kappa shape index (κ1) is 13.0. The maximum atomic E-state index is 13.3. The highest BCUT2D eigenvalue weighted by molar-refractivity contribution is 7.13. The van der Waals surface area contributed by atoms with Crippen molar-refractivity contribution in [2.75, 3.05) is 0 Å². The molecule has 5 heteroatoms. The summed E-state index contributed by atoms with van der Waals surface area (Å²) in [6.07, 6.45) is 1.77. The summed E-state index contributed by atoms with van der Waals surface area (Å²) in [6.45, 7) is 2.28. The topological polar surface area (TPSA) is 54.7 Å². The van der Waals surface area contributed by atoms with Gasteiger partial charge in [-0.05, 0) is 47.7 Å². The van der Waals surface area contributed by atoms with Gasteiger partial charge in [0.05, 0.1) is 16.8 Å². The number of rotatable bonds is 3. The SMILES string of the molecule is Cc1cc(-c2cnc(-c3cc(CN)cs3)[nH]2)ccc1F. The molecule has 0 atom stereocenters. The van der Waals surface area contributed by atoms with Gasteiger partial charge in [0.25, 0.3) is 0 Å². The third kappa shape index (κ3) is 2.37. The molecule has 0 aliphatic carbocycles. The third-order valence-corrected chi connectivity index (χ3v) is 4.15. The van der Waals surface area contributed by atoms with E-state index in [1.165, 1.54) is 6.07 Å². The Morgan fingerprint density at radius 2 is 2.20 bits per heavy atom. The van der Waals surface area contributed by atoms with Crippen LogP contribution in [0, 0.1) is 12.7 Å². The zero-order chi connectivity index (χ0) is 14.1. The molecular formula is C15H14FN3S. The van der Waals surface area contributed by atoms with Gasteiger partial charge in [0, 0.05) is 12.1 Å². The summed E-state index contributed by atoms with van der Waals surface area (Å²) in [7, 11) is 0. The fourth-order valence-corrected chi connectivity index (χ4v) is 2.89. The van der Waals surface area contributed by atoms with Gasteiger partial charge in [-0.15, -0.1) is 11.3 Å². The molecule has 0 saturated carbocycles. The number of nitrogens with zero attached hydrogens (tertiary/aromatic N) is 1. The highest BCUT2D eigenvalue weighted by atomic mass is 32.1. The third-order valence-electron chi connectivity index (χ3n) is 3.17. The van der Waals surface area contributed by atoms with Gasteiger partial charge in [-0.2, -0.15) is 0 Å². The number of aromatic nitrogens is 2. The summed E-state index contributed by atoms with van der Waals surface area (Å²) >= 11 is 1.61. The summed E-state index contributed by atoms with van der Waals surface area (Å²) in [6, 6.07) is 7.07. The number of imidazole rings is 1. The first-order valence-electron chi connectivity index (χ1n) is 6.27. The Morgan fingerprint density at radius 3 is 2.90 bits per heavy atom. The largest absolute Gasteiger partial charge is 0.337 e. The molecule has 0 saturated heterocycles. The normalized spacial score (nSPS) is 10.9. The minimum atomic E-state index is -0.195. The second-order valence-electron chi connectivity index (χ2n) is 4.63. The standard InChI is InChI=1S/C15H14FN3S/c1-9-4-11(2-3-12(9)16)13-7-18-15(19-13)14-5-10(6-17)8-20-14/h2-5,7-8H,6,17H2,1H3,(H,18,19). The van der Waals surface area contributed by atoms with Gasteiger partial charge >= 0.3 is 0 Å². The van der Waals surface area contributed by atoms with Crippen LogP contribution in [0.2, 0.25) is 0 Å². The van der Waals surface area contributed by atoms with Crippen LogP contribution in [0.25, 0.3) is 22.0 Å². The Kier molecular flexibility index (Phi) is 3.38. The molecule has 0 bridgehead atoms. The number of aryl methyl sites for hydroxylation is 1. The average molecular weight is 287 g/mol. The lowest BCUT2D eigenvalue weighted by molar-refractivity contribution is 0.619. The highest BCUT2D eigenvalue weighted by Gasteiger charge is 2.09. The molecule has 3 aromatic rings. The van der Waals surface area contributed by atoms with Gasteiger partial charge in [0.1, 0.15) is 11.6 Å². The van der Waals surface area contributed by atoms with Crippen molar-refractivity contribution in [1.82, 2.24) is 9.97 Å². The molecule has 0 spiro atoms. The zero-order valence-electron chi connectivity index (χ0n) is 11.0. The summed E-state index contributed by atoms with van der Waals surface area (Å²) in [5.74, 6) is 0.617. The summed E-state index contributed by atoms with van der Waals surface area (Å²) in [5.41, 5.74) is 9.14. The van der Waals surface area contributed by atoms with Crippen molar-refractivity contribution in [2.24, 2.45) is 5.73 Å². The lowest BCUT2D eigenvalue weighted by Gasteiger charge is -2.00. The number of benzene rings is 1. The molecule has 3 N–H and O–H groups in total. The molecule has 3 rings (SSSR count). The van der Waals surface area contributed by atoms with E-state index in [2.05, 4.69) is 9.97 Å². The number of hydrogen-bond acceptors (Lipinski definition) is 3. The minimum Gasteiger partial charge on any atom is -0.337 e. The van der Waals surface area contributed by atoms with Crippen LogP contribution in [0.5, 0.6) is 0 Å². The zero-order valence-corrected chi connectivity index (χ0v) is 11.8. The van der Waals surface area contributed by atoms with Crippen LogP contribution in [0.4, 0.5) is 4.39 Å². The van der Waals surface area contributed by atoms with Crippen LogP contribution in [0.3, 0.4) is 0 Å². The van der Waals surface area contributed by atoms with Gasteiger partial charge in [0.2, 0.25) is 0 Å². The molecule has 20 heavy (non-hydrogen) atoms. The molecule has 0 unspecified atom stereocenters. The van der Waals surface area contributed by atoms with E-state index in [1.54, 1.807) is 30.5 Å². The molecule has 1 aromatic carbocycles. The summed E-state index contributed by atoms with van der Waals surface area (Å²) < 4.78 is 13.3. The monoisotopic (exact) mass is 287 g/mol. The van der Waals surface area contributed by atoms with E-state index in [-0.39, 0.29) is 5.82 Å². The number of nitrogens with one attached hydrogen (secondary N) is 1. The van der Waals surface area contributed by atoms with Gasteiger partial charge in [-0.3, -0.25) is 0 Å². The molecule has 0 aliphatic rings. The number of thiophene rings is 1. The Balaban J connectivity index is 1.95. The van der Waals surface area contributed by atoms with E-state index in [0.717, 1.165) is 27.5 Å². The van der Waals surface area contributed by atoms with Crippen LogP contribution < -0.4 is 5.73 Å². The van der Waals surface area contributed by atoms with Crippen molar-refractivity contribution >= 4 is 11.3 Å². The smallest absolute Gasteiger partial charge is 0.147 e. The van der Waals surface area contributed by atoms with Gasteiger partial charge in [-0.1, -0.05) is 0 Å². The van der Waals surface area contributed by atoms with Crippen molar-refractivity contribution in [3.8, 4) is 22.0 Å². The summed E-state index contributed by atoms with van der Waals surface area (Å²) in [4.78, 5) is 8.70. The first-order chi connectivity index (χ1) is 9.67. The molecule has 0 radical (unpaired) electrons. The average Bonchev–Trinajstić information content (AvgIpc) is 3.09. The fraction of sp³-hybridized carbons (Fsp3) is 0.133. The fourth-order valence-electron chi connectivity index (χ4n) is 2.01. The second kappa shape index (κ2) is 5.19. The van der Waals surface area contributed by atoms with Crippen molar-refractivity contribution in [1.29, 1.82) is 0 Å². The quantitative estimate of drug-likeness (QED) is 0.771. The first-order valence-corrected chi connectivity index (χ1v) is 7.14. The Morgan fingerprint density at radius 1 is 1.35 bits per heavy atom. The van der Waals surface area contributed by atoms with E-state index in [0.29, 0.717) is 12.1 Å². The maximum Gasteiger partial charge on any atom is 0.147 e. The minimum absolute atomic E-state index is 0.195. The number of nitrogens with two attached hydrogens (primary N) is 1. The van der Waals surface area contributed by atoms with E-state index < -0.39 is 0 Å². The van der Waals surface area contributed by atoms with Gasteiger partial charge < -0.3 is 10.7 Å². The van der Waals surface area contributed by atoms with E-state index >= 15 is 0 Å². The van der Waals surface area contributed by atoms with Crippen LogP contribution in [-0.4, -0.2) is 9.97 Å². The Hall–Kier alpha value is -1.98. The van der Waals surface area contributed by atoms with Crippen molar-refractivity contribution in [3.63, 3.8) is 0 Å². The molecule has 0 aliphatic heterocycles. The van der Waals surface area contributed by atoms with E-state index in [9.17, 15) is 4.39 Å². The van der Waals surface area contributed by atoms with Crippen LogP contribution in [-0.2, 0) is 6.54 Å². The molecule has 102 valence electrons. The number of hydrogen-bond donors (Lipinski definition) is 2. The van der Waals surface area contributed by atoms with Gasteiger partial charge in [-0.25, -0.2) is 9.37 Å². The van der Waals surface area contributed by atoms with Crippen LogP contribution in [0.15, 0.2) is 35.8 Å². The predicted octanol–water partition coefficient (Wildman–Crippen LogP) is 3.71. The number of aromatic amines is 1. The molecular weight excluding hydrogens is 273 g/mol. The van der Waals surface area contributed by atoms with Crippen molar-refractivity contribution in [3.05, 3.63) is 52.8 Å². The summed E-state index contributed by atoms with van der Waals surface area (Å²) in [5, 5.41) is 2.03. The molecule has 2 heterocycles. The predicted molar refractivity (Wildman–Crippen MR) is 79.9 cm³/mol. The van der Waals surface area contributed by atoms with Crippen LogP contribution in [0.1, 0.15) is 11.1 Å². The lowest BCUT2D eigenvalue weighted by atomic mass is 10.1. The molecule has 2 aromatic heterocycles. The van der Waals surface area contributed by atoms with Crippen molar-refractivity contribution in [2.45, 2.75) is 13.5 Å². The van der Waals surface area contributed by atoms with E-state index in [1.807, 2.05) is 17.5 Å². The highest BCUT2D eigenvalue weighted by Crippen LogP contribution is 2.27. The molecule has 3 nitrogen and oxygen atoms in total. The number of halogens is 1. The second-order valence-corrected chi connectivity index (χ2v) is 5.54. The maximum absolute atomic E-state index is 13.3. The molecule has 0 fully saturated rings. The van der Waals surface area contributed by atoms with Crippen molar-refractivity contribution < 1.29 is 4.39 Å². The number of H-pyrrole nitrogens is 1. The lowest BCUT2D eigenvalue weighted by Crippen LogP contribution is -1.92. The molecule has 0 amide bonds. The Labute approximate surface area is 120 Å². The van der Waals surface area contributed by atoms with Crippen LogP contribution >= 0.6 is 11.3 Å². The van der Waals surface area contributed by atoms with Gasteiger partial charge in [0.15, 0.2) is 0 Å².